The monoisotopic (exact) mass is 239 g/mol. The molecule has 2 rings (SSSR count). The molecule has 0 saturated heterocycles. The molecule has 0 saturated carbocycles. The van der Waals surface area contributed by atoms with E-state index in [-0.39, 0.29) is 12.4 Å². The Labute approximate surface area is 95.9 Å². The summed E-state index contributed by atoms with van der Waals surface area (Å²) in [6.45, 7) is -0.372. The van der Waals surface area contributed by atoms with Crippen molar-refractivity contribution in [2.24, 2.45) is 10.9 Å². The highest BCUT2D eigenvalue weighted by Gasteiger charge is 2.08. The average molecular weight is 239 g/mol. The zero-order chi connectivity index (χ0) is 12.4. The van der Waals surface area contributed by atoms with E-state index in [4.69, 9.17) is 10.9 Å². The Bertz CT molecular complexity index is 563. The maximum atomic E-state index is 12.3. The lowest BCUT2D eigenvalue weighted by molar-refractivity contribution is 0.128. The molecule has 0 amide bonds. The van der Waals surface area contributed by atoms with Gasteiger partial charge in [0.05, 0.1) is 6.54 Å². The number of alkyl halides is 2. The summed E-state index contributed by atoms with van der Waals surface area (Å²) in [4.78, 5) is 0. The topological polar surface area (TPSA) is 63.5 Å². The molecule has 0 aliphatic carbocycles. The Morgan fingerprint density at radius 2 is 2.18 bits per heavy atom. The first-order chi connectivity index (χ1) is 8.11. The van der Waals surface area contributed by atoms with Crippen LogP contribution in [0.25, 0.3) is 10.9 Å². The van der Waals surface area contributed by atoms with Crippen molar-refractivity contribution in [1.82, 2.24) is 4.57 Å². The van der Waals surface area contributed by atoms with E-state index in [9.17, 15) is 8.78 Å². The third-order valence-corrected chi connectivity index (χ3v) is 2.51. The second kappa shape index (κ2) is 4.40. The first-order valence-electron chi connectivity index (χ1n) is 4.97. The zero-order valence-corrected chi connectivity index (χ0v) is 8.85. The van der Waals surface area contributed by atoms with E-state index in [2.05, 4.69) is 5.16 Å². The minimum Gasteiger partial charge on any atom is -0.409 e. The molecule has 1 heterocycles. The van der Waals surface area contributed by atoms with E-state index in [0.29, 0.717) is 11.1 Å². The standard InChI is InChI=1S/C11H11F2N3O/c12-10(13)6-16-4-3-7-1-2-8(5-9(7)16)11(14)15-17/h1-5,10,17H,6H2,(H2,14,15). The summed E-state index contributed by atoms with van der Waals surface area (Å²) < 4.78 is 26.1. The van der Waals surface area contributed by atoms with Crippen molar-refractivity contribution in [1.29, 1.82) is 0 Å². The van der Waals surface area contributed by atoms with Gasteiger partial charge in [-0.05, 0) is 17.5 Å². The van der Waals surface area contributed by atoms with Crippen LogP contribution < -0.4 is 5.73 Å². The fourth-order valence-corrected chi connectivity index (χ4v) is 1.71. The summed E-state index contributed by atoms with van der Waals surface area (Å²) in [6, 6.07) is 6.77. The van der Waals surface area contributed by atoms with Crippen molar-refractivity contribution in [3.8, 4) is 0 Å². The van der Waals surface area contributed by atoms with Crippen LogP contribution in [0.5, 0.6) is 0 Å². The van der Waals surface area contributed by atoms with Crippen molar-refractivity contribution >= 4 is 16.7 Å². The second-order valence-corrected chi connectivity index (χ2v) is 3.62. The van der Waals surface area contributed by atoms with Gasteiger partial charge >= 0.3 is 0 Å². The lowest BCUT2D eigenvalue weighted by Gasteiger charge is -2.05. The molecule has 1 aromatic heterocycles. The SMILES string of the molecule is N/C(=N/O)c1ccc2ccn(CC(F)F)c2c1. The Hall–Kier alpha value is -2.11. The van der Waals surface area contributed by atoms with E-state index in [0.717, 1.165) is 5.39 Å². The number of fused-ring (bicyclic) bond motifs is 1. The highest BCUT2D eigenvalue weighted by atomic mass is 19.3. The molecule has 3 N–H and O–H groups in total. The van der Waals surface area contributed by atoms with Gasteiger partial charge in [-0.2, -0.15) is 0 Å². The van der Waals surface area contributed by atoms with Crippen LogP contribution in [0.4, 0.5) is 8.78 Å². The van der Waals surface area contributed by atoms with Crippen LogP contribution in [-0.4, -0.2) is 22.0 Å². The highest BCUT2D eigenvalue weighted by molar-refractivity contribution is 6.00. The van der Waals surface area contributed by atoms with E-state index in [1.54, 1.807) is 30.5 Å². The van der Waals surface area contributed by atoms with Crippen molar-refractivity contribution in [2.45, 2.75) is 13.0 Å². The molecule has 0 bridgehead atoms. The van der Waals surface area contributed by atoms with Crippen molar-refractivity contribution in [3.05, 3.63) is 36.0 Å². The maximum absolute atomic E-state index is 12.3. The summed E-state index contributed by atoms with van der Waals surface area (Å²) in [5, 5.41) is 12.3. The number of nitrogens with two attached hydrogens (primary N) is 1. The number of nitrogens with zero attached hydrogens (tertiary/aromatic N) is 2. The molecule has 6 heteroatoms. The van der Waals surface area contributed by atoms with Gasteiger partial charge in [-0.1, -0.05) is 17.3 Å². The number of rotatable bonds is 3. The van der Waals surface area contributed by atoms with Crippen LogP contribution >= 0.6 is 0 Å². The number of oxime groups is 1. The van der Waals surface area contributed by atoms with Crippen LogP contribution in [0.2, 0.25) is 0 Å². The van der Waals surface area contributed by atoms with Gasteiger partial charge in [0.2, 0.25) is 0 Å². The van der Waals surface area contributed by atoms with Crippen LogP contribution in [0.15, 0.2) is 35.6 Å². The fraction of sp³-hybridized carbons (Fsp3) is 0.182. The van der Waals surface area contributed by atoms with Gasteiger partial charge in [-0.15, -0.1) is 0 Å². The molecule has 4 nitrogen and oxygen atoms in total. The number of hydrogen-bond donors (Lipinski definition) is 2. The van der Waals surface area contributed by atoms with Crippen LogP contribution in [0, 0.1) is 0 Å². The smallest absolute Gasteiger partial charge is 0.256 e. The van der Waals surface area contributed by atoms with Gasteiger partial charge in [-0.3, -0.25) is 0 Å². The number of hydrogen-bond acceptors (Lipinski definition) is 2. The molecule has 0 aliphatic rings. The van der Waals surface area contributed by atoms with Crippen LogP contribution in [0.3, 0.4) is 0 Å². The van der Waals surface area contributed by atoms with E-state index in [1.165, 1.54) is 4.57 Å². The maximum Gasteiger partial charge on any atom is 0.256 e. The first-order valence-corrected chi connectivity index (χ1v) is 4.97. The molecule has 17 heavy (non-hydrogen) atoms. The van der Waals surface area contributed by atoms with Gasteiger partial charge < -0.3 is 15.5 Å². The summed E-state index contributed by atoms with van der Waals surface area (Å²) >= 11 is 0. The quantitative estimate of drug-likeness (QED) is 0.372. The third kappa shape index (κ3) is 2.20. The Kier molecular flexibility index (Phi) is 2.95. The first kappa shape index (κ1) is 11.4. The Morgan fingerprint density at radius 3 is 2.82 bits per heavy atom. The molecular weight excluding hydrogens is 228 g/mol. The third-order valence-electron chi connectivity index (χ3n) is 2.51. The number of aromatic nitrogens is 1. The lowest BCUT2D eigenvalue weighted by atomic mass is 10.1. The molecule has 0 unspecified atom stereocenters. The predicted octanol–water partition coefficient (Wildman–Crippen LogP) is 2.00. The van der Waals surface area contributed by atoms with Gasteiger partial charge in [-0.25, -0.2) is 8.78 Å². The average Bonchev–Trinajstić information content (AvgIpc) is 2.70. The minimum atomic E-state index is -2.42. The van der Waals surface area contributed by atoms with Gasteiger partial charge in [0.15, 0.2) is 5.84 Å². The molecule has 0 aliphatic heterocycles. The van der Waals surface area contributed by atoms with Crippen molar-refractivity contribution < 1.29 is 14.0 Å². The van der Waals surface area contributed by atoms with Gasteiger partial charge in [0, 0.05) is 17.3 Å². The Morgan fingerprint density at radius 1 is 1.41 bits per heavy atom. The fourth-order valence-electron chi connectivity index (χ4n) is 1.71. The molecule has 0 fully saturated rings. The summed E-state index contributed by atoms with van der Waals surface area (Å²) in [7, 11) is 0. The lowest BCUT2D eigenvalue weighted by Crippen LogP contribution is -2.13. The highest BCUT2D eigenvalue weighted by Crippen LogP contribution is 2.18. The molecule has 90 valence electrons. The molecule has 0 spiro atoms. The zero-order valence-electron chi connectivity index (χ0n) is 8.85. The van der Waals surface area contributed by atoms with E-state index in [1.807, 2.05) is 0 Å². The van der Waals surface area contributed by atoms with Gasteiger partial charge in [0.1, 0.15) is 0 Å². The summed E-state index contributed by atoms with van der Waals surface area (Å²) in [6.07, 6.45) is -0.828. The minimum absolute atomic E-state index is 0.0447. The Balaban J connectivity index is 2.50. The largest absolute Gasteiger partial charge is 0.409 e. The molecule has 1 aromatic carbocycles. The molecule has 0 radical (unpaired) electrons. The molecule has 0 atom stereocenters. The van der Waals surface area contributed by atoms with Crippen molar-refractivity contribution in [3.63, 3.8) is 0 Å². The second-order valence-electron chi connectivity index (χ2n) is 3.62. The normalized spacial score (nSPS) is 12.5. The molecule has 2 aromatic rings. The number of benzene rings is 1. The predicted molar refractivity (Wildman–Crippen MR) is 60.5 cm³/mol. The van der Waals surface area contributed by atoms with Crippen LogP contribution in [0.1, 0.15) is 5.56 Å². The van der Waals surface area contributed by atoms with Crippen molar-refractivity contribution in [2.75, 3.05) is 0 Å². The van der Waals surface area contributed by atoms with Gasteiger partial charge in [0.25, 0.3) is 6.43 Å². The number of amidine groups is 1. The summed E-state index contributed by atoms with van der Waals surface area (Å²) in [5.41, 5.74) is 6.58. The summed E-state index contributed by atoms with van der Waals surface area (Å²) in [5.74, 6) is -0.0447. The number of halogens is 2. The van der Waals surface area contributed by atoms with Crippen LogP contribution in [-0.2, 0) is 6.54 Å². The molecular formula is C11H11F2N3O. The van der Waals surface area contributed by atoms with E-state index >= 15 is 0 Å². The van der Waals surface area contributed by atoms with E-state index < -0.39 is 6.43 Å².